The zero-order valence-corrected chi connectivity index (χ0v) is 13.8. The molecule has 21 heavy (non-hydrogen) atoms. The summed E-state index contributed by atoms with van der Waals surface area (Å²) in [6, 6.07) is 1.85. The van der Waals surface area contributed by atoms with Crippen LogP contribution in [0.25, 0.3) is 0 Å². The zero-order chi connectivity index (χ0) is 15.6. The lowest BCUT2D eigenvalue weighted by Crippen LogP contribution is -2.42. The summed E-state index contributed by atoms with van der Waals surface area (Å²) < 4.78 is 5.37. The van der Waals surface area contributed by atoms with Crippen molar-refractivity contribution in [2.75, 3.05) is 20.1 Å². The Kier molecular flexibility index (Phi) is 4.56. The molecular weight excluding hydrogens is 288 g/mol. The lowest BCUT2D eigenvalue weighted by molar-refractivity contribution is 0.0226. The van der Waals surface area contributed by atoms with E-state index in [-0.39, 0.29) is 18.0 Å². The highest BCUT2D eigenvalue weighted by Gasteiger charge is 2.33. The van der Waals surface area contributed by atoms with Crippen LogP contribution in [-0.4, -0.2) is 53.6 Å². The van der Waals surface area contributed by atoms with Crippen molar-refractivity contribution in [1.29, 1.82) is 0 Å². The maximum atomic E-state index is 12.3. The Labute approximate surface area is 129 Å². The van der Waals surface area contributed by atoms with Crippen LogP contribution in [0.3, 0.4) is 0 Å². The van der Waals surface area contributed by atoms with E-state index in [1.165, 1.54) is 11.3 Å². The maximum absolute atomic E-state index is 12.3. The van der Waals surface area contributed by atoms with Gasteiger partial charge in [-0.2, -0.15) is 11.3 Å². The highest BCUT2D eigenvalue weighted by molar-refractivity contribution is 7.08. The molecule has 2 rings (SSSR count). The van der Waals surface area contributed by atoms with Gasteiger partial charge in [0.1, 0.15) is 5.60 Å². The van der Waals surface area contributed by atoms with Crippen LogP contribution in [0.4, 0.5) is 4.79 Å². The largest absolute Gasteiger partial charge is 0.444 e. The Balaban J connectivity index is 1.93. The van der Waals surface area contributed by atoms with Crippen LogP contribution in [0.15, 0.2) is 16.8 Å². The quantitative estimate of drug-likeness (QED) is 0.844. The number of likely N-dealkylation sites (tertiary alicyclic amines) is 1. The van der Waals surface area contributed by atoms with Gasteiger partial charge in [0.2, 0.25) is 0 Å². The highest BCUT2D eigenvalue weighted by atomic mass is 32.1. The molecule has 0 bridgehead atoms. The molecule has 5 nitrogen and oxygen atoms in total. The van der Waals surface area contributed by atoms with Gasteiger partial charge in [0.05, 0.1) is 11.6 Å². The summed E-state index contributed by atoms with van der Waals surface area (Å²) >= 11 is 1.51. The molecule has 116 valence electrons. The molecule has 0 radical (unpaired) electrons. The predicted molar refractivity (Wildman–Crippen MR) is 82.6 cm³/mol. The number of hydrogen-bond donors (Lipinski definition) is 0. The predicted octanol–water partition coefficient (Wildman–Crippen LogP) is 2.83. The summed E-state index contributed by atoms with van der Waals surface area (Å²) in [5.74, 6) is 0.0383. The smallest absolute Gasteiger partial charge is 0.410 e. The van der Waals surface area contributed by atoms with Crippen molar-refractivity contribution in [2.45, 2.75) is 38.8 Å². The summed E-state index contributed by atoms with van der Waals surface area (Å²) in [6.07, 6.45) is 0.448. The average molecular weight is 310 g/mol. The number of thiophene rings is 1. The van der Waals surface area contributed by atoms with Crippen LogP contribution in [0, 0.1) is 0 Å². The normalized spacial score (nSPS) is 18.7. The van der Waals surface area contributed by atoms with Crippen molar-refractivity contribution < 1.29 is 14.3 Å². The van der Waals surface area contributed by atoms with E-state index < -0.39 is 5.60 Å². The van der Waals surface area contributed by atoms with E-state index >= 15 is 0 Å². The Morgan fingerprint density at radius 1 is 1.43 bits per heavy atom. The number of ether oxygens (including phenoxy) is 1. The molecule has 1 fully saturated rings. The van der Waals surface area contributed by atoms with Gasteiger partial charge in [-0.1, -0.05) is 0 Å². The van der Waals surface area contributed by atoms with Gasteiger partial charge in [-0.3, -0.25) is 4.79 Å². The van der Waals surface area contributed by atoms with Gasteiger partial charge >= 0.3 is 6.09 Å². The molecule has 1 atom stereocenters. The van der Waals surface area contributed by atoms with Crippen molar-refractivity contribution in [3.8, 4) is 0 Å². The van der Waals surface area contributed by atoms with Gasteiger partial charge in [0.25, 0.3) is 5.91 Å². The molecule has 1 aromatic heterocycles. The summed E-state index contributed by atoms with van der Waals surface area (Å²) in [6.45, 7) is 6.77. The topological polar surface area (TPSA) is 49.9 Å². The molecule has 1 aliphatic rings. The third-order valence-corrected chi connectivity index (χ3v) is 4.13. The van der Waals surface area contributed by atoms with Crippen molar-refractivity contribution >= 4 is 23.3 Å². The summed E-state index contributed by atoms with van der Waals surface area (Å²) in [7, 11) is 1.73. The standard InChI is InChI=1S/C15H22N2O3S/c1-15(2,3)20-14(19)16(4)12-5-7-17(9-12)13(18)11-6-8-21-10-11/h6,8,10,12H,5,7,9H2,1-4H3. The number of amides is 2. The molecule has 0 saturated carbocycles. The van der Waals surface area contributed by atoms with Crippen molar-refractivity contribution in [1.82, 2.24) is 9.80 Å². The number of likely N-dealkylation sites (N-methyl/N-ethyl adjacent to an activating group) is 1. The minimum absolute atomic E-state index is 0.0161. The molecule has 2 heterocycles. The summed E-state index contributed by atoms with van der Waals surface area (Å²) in [4.78, 5) is 27.7. The van der Waals surface area contributed by atoms with Gasteiger partial charge in [0.15, 0.2) is 0 Å². The average Bonchev–Trinajstić information content (AvgIpc) is 3.06. The van der Waals surface area contributed by atoms with Gasteiger partial charge < -0.3 is 14.5 Å². The Bertz CT molecular complexity index is 507. The molecule has 1 saturated heterocycles. The fraction of sp³-hybridized carbons (Fsp3) is 0.600. The van der Waals surface area contributed by atoms with Crippen LogP contribution >= 0.6 is 11.3 Å². The van der Waals surface area contributed by atoms with E-state index in [0.717, 1.165) is 12.0 Å². The van der Waals surface area contributed by atoms with E-state index in [1.54, 1.807) is 16.8 Å². The Hall–Kier alpha value is -1.56. The van der Waals surface area contributed by atoms with Crippen LogP contribution < -0.4 is 0 Å². The van der Waals surface area contributed by atoms with E-state index in [1.807, 2.05) is 37.6 Å². The van der Waals surface area contributed by atoms with E-state index in [2.05, 4.69) is 0 Å². The molecule has 0 spiro atoms. The molecule has 6 heteroatoms. The highest BCUT2D eigenvalue weighted by Crippen LogP contribution is 2.20. The first kappa shape index (κ1) is 15.8. The number of nitrogens with zero attached hydrogens (tertiary/aromatic N) is 2. The number of carbonyl (C=O) groups excluding carboxylic acids is 2. The van der Waals surface area contributed by atoms with E-state index in [9.17, 15) is 9.59 Å². The van der Waals surface area contributed by atoms with Gasteiger partial charge in [-0.05, 0) is 38.6 Å². The second kappa shape index (κ2) is 6.05. The van der Waals surface area contributed by atoms with Crippen molar-refractivity contribution in [3.05, 3.63) is 22.4 Å². The van der Waals surface area contributed by atoms with Gasteiger partial charge in [0, 0.05) is 25.5 Å². The molecule has 2 amide bonds. The lowest BCUT2D eigenvalue weighted by Gasteiger charge is -2.28. The Morgan fingerprint density at radius 3 is 2.71 bits per heavy atom. The molecule has 1 aromatic rings. The second-order valence-corrected chi connectivity index (χ2v) is 7.08. The van der Waals surface area contributed by atoms with Gasteiger partial charge in [-0.15, -0.1) is 0 Å². The third-order valence-electron chi connectivity index (χ3n) is 3.45. The fourth-order valence-electron chi connectivity index (χ4n) is 2.29. The van der Waals surface area contributed by atoms with Crippen molar-refractivity contribution in [3.63, 3.8) is 0 Å². The molecule has 0 N–H and O–H groups in total. The van der Waals surface area contributed by atoms with Gasteiger partial charge in [-0.25, -0.2) is 4.79 Å². The minimum atomic E-state index is -0.504. The zero-order valence-electron chi connectivity index (χ0n) is 13.0. The minimum Gasteiger partial charge on any atom is -0.444 e. The monoisotopic (exact) mass is 310 g/mol. The van der Waals surface area contributed by atoms with Crippen LogP contribution in [0.5, 0.6) is 0 Å². The lowest BCUT2D eigenvalue weighted by atomic mass is 10.2. The molecule has 0 aromatic carbocycles. The first-order chi connectivity index (χ1) is 9.78. The van der Waals surface area contributed by atoms with Crippen LogP contribution in [0.1, 0.15) is 37.6 Å². The number of hydrogen-bond acceptors (Lipinski definition) is 4. The second-order valence-electron chi connectivity index (χ2n) is 6.30. The first-order valence-corrected chi connectivity index (χ1v) is 7.99. The molecule has 1 unspecified atom stereocenters. The van der Waals surface area contributed by atoms with Crippen LogP contribution in [0.2, 0.25) is 0 Å². The summed E-state index contributed by atoms with van der Waals surface area (Å²) in [5, 5.41) is 3.75. The molecule has 1 aliphatic heterocycles. The van der Waals surface area contributed by atoms with Crippen molar-refractivity contribution in [2.24, 2.45) is 0 Å². The Morgan fingerprint density at radius 2 is 2.14 bits per heavy atom. The van der Waals surface area contributed by atoms with E-state index in [4.69, 9.17) is 4.74 Å². The summed E-state index contributed by atoms with van der Waals surface area (Å²) in [5.41, 5.74) is 0.219. The fourth-order valence-corrected chi connectivity index (χ4v) is 2.92. The number of rotatable bonds is 2. The molecular formula is C15H22N2O3S. The molecule has 0 aliphatic carbocycles. The van der Waals surface area contributed by atoms with E-state index in [0.29, 0.717) is 13.1 Å². The van der Waals surface area contributed by atoms with Crippen LogP contribution in [-0.2, 0) is 4.74 Å². The first-order valence-electron chi connectivity index (χ1n) is 7.05. The SMILES string of the molecule is CN(C(=O)OC(C)(C)C)C1CCN(C(=O)c2ccsc2)C1. The maximum Gasteiger partial charge on any atom is 0.410 e. The number of carbonyl (C=O) groups is 2. The third kappa shape index (κ3) is 3.97.